The van der Waals surface area contributed by atoms with Gasteiger partial charge in [0.15, 0.2) is 0 Å². The largest absolute Gasteiger partial charge is 0.381 e. The summed E-state index contributed by atoms with van der Waals surface area (Å²) in [6, 6.07) is 0.195. The maximum atomic E-state index is 5.78. The lowest BCUT2D eigenvalue weighted by Gasteiger charge is -2.33. The van der Waals surface area contributed by atoms with Gasteiger partial charge in [-0.05, 0) is 6.92 Å². The van der Waals surface area contributed by atoms with Gasteiger partial charge >= 0.3 is 6.01 Å². The molecule has 1 aliphatic heterocycles. The number of hydrogen-bond donors (Lipinski definition) is 2. The number of nitrogens with zero attached hydrogens (tertiary/aromatic N) is 2. The van der Waals surface area contributed by atoms with Crippen molar-refractivity contribution in [1.82, 2.24) is 10.1 Å². The molecule has 90 valence electrons. The Morgan fingerprint density at radius 1 is 1.50 bits per heavy atom. The average Bonchev–Trinajstić information content (AvgIpc) is 2.80. The van der Waals surface area contributed by atoms with Crippen molar-refractivity contribution < 1.29 is 14.0 Å². The Balaban J connectivity index is 2.23. The molecule has 0 saturated carbocycles. The summed E-state index contributed by atoms with van der Waals surface area (Å²) in [6.07, 6.45) is 1.45. The van der Waals surface area contributed by atoms with Gasteiger partial charge in [-0.2, -0.15) is 4.98 Å². The second kappa shape index (κ2) is 4.77. The Morgan fingerprint density at radius 2 is 2.25 bits per heavy atom. The van der Waals surface area contributed by atoms with Gasteiger partial charge in [-0.1, -0.05) is 5.16 Å². The zero-order chi connectivity index (χ0) is 11.4. The highest BCUT2D eigenvalue weighted by atomic mass is 16.5. The summed E-state index contributed by atoms with van der Waals surface area (Å²) >= 11 is 0. The lowest BCUT2D eigenvalue weighted by molar-refractivity contribution is -0.118. The molecule has 0 radical (unpaired) electrons. The summed E-state index contributed by atoms with van der Waals surface area (Å²) in [5.41, 5.74) is 1.82. The predicted molar refractivity (Wildman–Crippen MR) is 55.5 cm³/mol. The third-order valence-corrected chi connectivity index (χ3v) is 2.68. The summed E-state index contributed by atoms with van der Waals surface area (Å²) in [7, 11) is 0. The van der Waals surface area contributed by atoms with E-state index in [2.05, 4.69) is 15.6 Å². The lowest BCUT2D eigenvalue weighted by Crippen LogP contribution is -2.37. The second-order valence-corrected chi connectivity index (χ2v) is 3.61. The number of hydrazine groups is 1. The Bertz CT molecular complexity index is 330. The van der Waals surface area contributed by atoms with Crippen LogP contribution in [0, 0.1) is 0 Å². The van der Waals surface area contributed by atoms with E-state index in [1.54, 1.807) is 0 Å². The lowest BCUT2D eigenvalue weighted by atomic mass is 9.93. The van der Waals surface area contributed by atoms with Crippen LogP contribution in [-0.4, -0.2) is 30.0 Å². The van der Waals surface area contributed by atoms with Gasteiger partial charge in [0.05, 0.1) is 0 Å². The average molecular weight is 228 g/mol. The number of nitrogens with one attached hydrogen (secondary N) is 1. The zero-order valence-corrected chi connectivity index (χ0v) is 9.23. The first kappa shape index (κ1) is 11.3. The number of rotatable bonds is 4. The molecule has 0 aliphatic carbocycles. The molecule has 7 nitrogen and oxygen atoms in total. The van der Waals surface area contributed by atoms with Crippen molar-refractivity contribution >= 4 is 6.01 Å². The first-order valence-corrected chi connectivity index (χ1v) is 5.33. The molecule has 0 spiro atoms. The summed E-state index contributed by atoms with van der Waals surface area (Å²) in [5, 5.41) is 3.89. The number of hydrogen-bond acceptors (Lipinski definition) is 7. The highest BCUT2D eigenvalue weighted by Gasteiger charge is 2.39. The summed E-state index contributed by atoms with van der Waals surface area (Å²) < 4.78 is 16.0. The van der Waals surface area contributed by atoms with E-state index in [0.29, 0.717) is 25.6 Å². The fraction of sp³-hybridized carbons (Fsp3) is 0.778. The molecule has 0 unspecified atom stereocenters. The van der Waals surface area contributed by atoms with Crippen LogP contribution in [-0.2, 0) is 15.1 Å². The van der Waals surface area contributed by atoms with Crippen LogP contribution in [0.3, 0.4) is 0 Å². The molecule has 1 fully saturated rings. The number of anilines is 1. The number of nitrogen functional groups attached to an aromatic ring is 1. The third-order valence-electron chi connectivity index (χ3n) is 2.68. The standard InChI is InChI=1S/C9H16N4O3/c1-2-15-9(3-5-14-6-4-9)7-11-8(12-10)16-13-7/h2-6,10H2,1H3,(H,11,12,13). The van der Waals surface area contributed by atoms with Crippen LogP contribution < -0.4 is 11.3 Å². The smallest absolute Gasteiger partial charge is 0.335 e. The Labute approximate surface area is 93.3 Å². The van der Waals surface area contributed by atoms with Crippen molar-refractivity contribution in [2.24, 2.45) is 5.84 Å². The van der Waals surface area contributed by atoms with Gasteiger partial charge in [0.1, 0.15) is 5.60 Å². The van der Waals surface area contributed by atoms with Crippen molar-refractivity contribution in [2.75, 3.05) is 25.2 Å². The van der Waals surface area contributed by atoms with E-state index in [1.807, 2.05) is 6.92 Å². The molecule has 1 aliphatic rings. The molecule has 1 aromatic rings. The topological polar surface area (TPSA) is 95.4 Å². The van der Waals surface area contributed by atoms with Crippen LogP contribution in [0.4, 0.5) is 6.01 Å². The van der Waals surface area contributed by atoms with Crippen molar-refractivity contribution in [3.8, 4) is 0 Å². The number of nitrogens with two attached hydrogens (primary N) is 1. The normalized spacial score (nSPS) is 19.6. The Hall–Kier alpha value is -1.18. The van der Waals surface area contributed by atoms with Gasteiger partial charge < -0.3 is 14.0 Å². The molecule has 0 amide bonds. The fourth-order valence-electron chi connectivity index (χ4n) is 1.88. The molecule has 2 rings (SSSR count). The highest BCUT2D eigenvalue weighted by molar-refractivity contribution is 5.17. The fourth-order valence-corrected chi connectivity index (χ4v) is 1.88. The van der Waals surface area contributed by atoms with Gasteiger partial charge in [-0.3, -0.25) is 5.43 Å². The minimum Gasteiger partial charge on any atom is -0.381 e. The maximum absolute atomic E-state index is 5.78. The summed E-state index contributed by atoms with van der Waals surface area (Å²) in [6.45, 7) is 3.82. The van der Waals surface area contributed by atoms with Gasteiger partial charge in [0, 0.05) is 32.7 Å². The highest BCUT2D eigenvalue weighted by Crippen LogP contribution is 2.34. The molecule has 2 heterocycles. The van der Waals surface area contributed by atoms with Crippen LogP contribution in [0.5, 0.6) is 0 Å². The van der Waals surface area contributed by atoms with E-state index in [-0.39, 0.29) is 6.01 Å². The monoisotopic (exact) mass is 228 g/mol. The second-order valence-electron chi connectivity index (χ2n) is 3.61. The van der Waals surface area contributed by atoms with Gasteiger partial charge in [-0.25, -0.2) is 5.84 Å². The molecule has 0 atom stereocenters. The summed E-state index contributed by atoms with van der Waals surface area (Å²) in [5.74, 6) is 5.73. The number of aromatic nitrogens is 2. The molecule has 16 heavy (non-hydrogen) atoms. The van der Waals surface area contributed by atoms with Crippen LogP contribution >= 0.6 is 0 Å². The minimum atomic E-state index is -0.494. The van der Waals surface area contributed by atoms with Crippen molar-refractivity contribution in [2.45, 2.75) is 25.4 Å². The van der Waals surface area contributed by atoms with E-state index in [1.165, 1.54) is 0 Å². The Morgan fingerprint density at radius 3 is 2.81 bits per heavy atom. The first-order valence-electron chi connectivity index (χ1n) is 5.33. The van der Waals surface area contributed by atoms with Gasteiger partial charge in [-0.15, -0.1) is 0 Å². The van der Waals surface area contributed by atoms with Crippen LogP contribution in [0.15, 0.2) is 4.52 Å². The van der Waals surface area contributed by atoms with Gasteiger partial charge in [0.25, 0.3) is 0 Å². The van der Waals surface area contributed by atoms with Crippen molar-refractivity contribution in [3.63, 3.8) is 0 Å². The molecule has 1 aromatic heterocycles. The van der Waals surface area contributed by atoms with Crippen LogP contribution in [0.25, 0.3) is 0 Å². The summed E-state index contributed by atoms with van der Waals surface area (Å²) in [4.78, 5) is 4.15. The third kappa shape index (κ3) is 2.01. The molecule has 0 bridgehead atoms. The van der Waals surface area contributed by atoms with Crippen LogP contribution in [0.2, 0.25) is 0 Å². The predicted octanol–water partition coefficient (Wildman–Crippen LogP) is 0.397. The SMILES string of the molecule is CCOC1(c2noc(NN)n2)CCOCC1. The van der Waals surface area contributed by atoms with E-state index in [0.717, 1.165) is 12.8 Å². The Kier molecular flexibility index (Phi) is 3.37. The molecule has 7 heteroatoms. The van der Waals surface area contributed by atoms with Crippen molar-refractivity contribution in [3.05, 3.63) is 5.82 Å². The van der Waals surface area contributed by atoms with E-state index in [4.69, 9.17) is 19.8 Å². The zero-order valence-electron chi connectivity index (χ0n) is 9.23. The number of ether oxygens (including phenoxy) is 2. The molecular weight excluding hydrogens is 212 g/mol. The molecule has 1 saturated heterocycles. The van der Waals surface area contributed by atoms with Crippen LogP contribution in [0.1, 0.15) is 25.6 Å². The van der Waals surface area contributed by atoms with Gasteiger partial charge in [0.2, 0.25) is 5.82 Å². The van der Waals surface area contributed by atoms with E-state index in [9.17, 15) is 0 Å². The minimum absolute atomic E-state index is 0.195. The quantitative estimate of drug-likeness (QED) is 0.568. The first-order chi connectivity index (χ1) is 7.80. The molecular formula is C9H16N4O3. The molecule has 3 N–H and O–H groups in total. The van der Waals surface area contributed by atoms with E-state index < -0.39 is 5.60 Å². The van der Waals surface area contributed by atoms with Crippen molar-refractivity contribution in [1.29, 1.82) is 0 Å². The maximum Gasteiger partial charge on any atom is 0.335 e. The van der Waals surface area contributed by atoms with E-state index >= 15 is 0 Å². The molecule has 0 aromatic carbocycles.